The number of azo groups is 2. The van der Waals surface area contributed by atoms with Crippen LogP contribution in [0.5, 0.6) is 11.5 Å². The largest absolute Gasteiger partial charge is 0.505 e. The number of benzene rings is 6. The van der Waals surface area contributed by atoms with Crippen molar-refractivity contribution in [3.63, 3.8) is 0 Å². The molecule has 0 bridgehead atoms. The summed E-state index contributed by atoms with van der Waals surface area (Å²) >= 11 is 0. The Hall–Kier alpha value is -7.85. The Morgan fingerprint density at radius 1 is 0.548 bits per heavy atom. The number of hydrogen-bond acceptors (Lipinski definition) is 15. The number of hydrogen-bond donors (Lipinski definition) is 6. The van der Waals surface area contributed by atoms with E-state index in [0.29, 0.717) is 11.1 Å². The van der Waals surface area contributed by atoms with Crippen LogP contribution in [-0.2, 0) is 39.3 Å². The van der Waals surface area contributed by atoms with Crippen molar-refractivity contribution >= 4 is 106 Å². The summed E-state index contributed by atoms with van der Waals surface area (Å²) in [4.78, 5) is 34.2. The lowest BCUT2D eigenvalue weighted by Crippen LogP contribution is -2.19. The Labute approximate surface area is 351 Å². The number of phenolic OH excluding ortho intramolecular Hbond substituents is 2. The molecule has 62 heavy (non-hydrogen) atoms. The first-order valence-corrected chi connectivity index (χ1v) is 20.5. The maximum atomic E-state index is 13.1. The van der Waals surface area contributed by atoms with E-state index >= 15 is 0 Å². The Morgan fingerprint density at radius 2 is 0.919 bits per heavy atom. The fourth-order valence-electron chi connectivity index (χ4n) is 5.72. The van der Waals surface area contributed by atoms with Crippen molar-refractivity contribution in [3.8, 4) is 11.5 Å². The molecule has 0 saturated carbocycles. The molecule has 0 unspecified atom stereocenters. The molecule has 6 aromatic rings. The van der Waals surface area contributed by atoms with Gasteiger partial charge in [-0.25, -0.2) is 14.4 Å². The monoisotopic (exact) mass is 880 g/mol. The number of ether oxygens (including phenoxy) is 2. The van der Waals surface area contributed by atoms with E-state index < -0.39 is 70.9 Å². The fourth-order valence-corrected chi connectivity index (χ4v) is 7.04. The highest BCUT2D eigenvalue weighted by atomic mass is 32.2. The van der Waals surface area contributed by atoms with Crippen LogP contribution in [0.3, 0.4) is 0 Å². The summed E-state index contributed by atoms with van der Waals surface area (Å²) in [5, 5.41) is 43.3. The molecule has 0 atom stereocenters. The normalized spacial score (nSPS) is 12.2. The van der Waals surface area contributed by atoms with Crippen LogP contribution in [0.25, 0.3) is 33.7 Å². The summed E-state index contributed by atoms with van der Waals surface area (Å²) in [6.07, 6.45) is 5.42. The quantitative estimate of drug-likeness (QED) is 0.0290. The Balaban J connectivity index is 1.21. The molecule has 6 N–H and O–H groups in total. The predicted molar refractivity (Wildman–Crippen MR) is 227 cm³/mol. The molecule has 0 aliphatic carbocycles. The van der Waals surface area contributed by atoms with Crippen molar-refractivity contribution in [2.45, 2.75) is 9.79 Å². The van der Waals surface area contributed by atoms with E-state index in [0.717, 1.165) is 12.1 Å². The number of methoxy groups -OCH3 is 2. The minimum Gasteiger partial charge on any atom is -0.505 e. The van der Waals surface area contributed by atoms with E-state index in [2.05, 4.69) is 40.6 Å². The summed E-state index contributed by atoms with van der Waals surface area (Å²) in [5.74, 6) is -2.39. The van der Waals surface area contributed by atoms with Crippen LogP contribution in [0.2, 0.25) is 0 Å². The Bertz CT molecular complexity index is 2910. The molecule has 0 aliphatic rings. The summed E-state index contributed by atoms with van der Waals surface area (Å²) in [5.41, 5.74) is 0.841. The van der Waals surface area contributed by atoms with Gasteiger partial charge < -0.3 is 30.3 Å². The third kappa shape index (κ3) is 10.5. The van der Waals surface area contributed by atoms with Crippen molar-refractivity contribution in [1.82, 2.24) is 0 Å². The fraction of sp³-hybridized carbons (Fsp3) is 0.0488. The van der Waals surface area contributed by atoms with Crippen LogP contribution in [0, 0.1) is 0 Å². The minimum absolute atomic E-state index is 0.0744. The first-order chi connectivity index (χ1) is 29.4. The number of rotatable bonds is 12. The number of phenols is 2. The maximum absolute atomic E-state index is 13.1. The number of fused-ring (bicyclic) bond motifs is 2. The number of nitrogens with one attached hydrogen (secondary N) is 2. The van der Waals surface area contributed by atoms with Crippen molar-refractivity contribution in [3.05, 3.63) is 120 Å². The summed E-state index contributed by atoms with van der Waals surface area (Å²) in [7, 11) is -7.47. The predicted octanol–water partition coefficient (Wildman–Crippen LogP) is 8.74. The van der Waals surface area contributed by atoms with Gasteiger partial charge in [-0.2, -0.15) is 27.1 Å². The van der Waals surface area contributed by atoms with Crippen molar-refractivity contribution < 1.29 is 60.0 Å². The summed E-state index contributed by atoms with van der Waals surface area (Å²) in [6.45, 7) is 0. The number of nitrogens with zero attached hydrogens (tertiary/aromatic N) is 4. The highest BCUT2D eigenvalue weighted by Crippen LogP contribution is 2.43. The first kappa shape index (κ1) is 43.7. The van der Waals surface area contributed by atoms with Gasteiger partial charge in [-0.1, -0.05) is 24.3 Å². The molecule has 19 nitrogen and oxygen atoms in total. The highest BCUT2D eigenvalue weighted by molar-refractivity contribution is 7.86. The molecule has 0 radical (unpaired) electrons. The zero-order valence-electron chi connectivity index (χ0n) is 32.1. The zero-order valence-corrected chi connectivity index (χ0v) is 33.7. The topological polar surface area (TPSA) is 292 Å². The SMILES string of the molecule is COC(=O)/C=C/c1ccc(N=Nc2c(S(=O)(=O)O)cc3cc(NC(=O)Nc4ccc5c(O)c(N=Nc6ccc(/C=C/C(=O)OC)cc6)c(S(=O)(=O)O)cc5c4)ccc3c2O)cc1. The number of urea groups is 1. The average molecular weight is 881 g/mol. The standard InChI is InChI=1S/C41H32N6O13S2/c1-59-35(48)17-7-23-3-9-27(10-4-23)44-46-37-33(61(53,54)55)21-25-19-29(13-15-31(25)39(37)50)42-41(52)43-30-14-16-32-26(20-30)22-34(62(56,57)58)38(40(32)51)47-45-28-11-5-24(6-12-28)8-18-36(49)60-2/h3-22,50-51H,1-2H3,(H2,42,43,52)(H,53,54,55)(H,56,57,58)/b17-7+,18-8+,46-44?,47-45?. The molecule has 2 amide bonds. The van der Waals surface area contributed by atoms with E-state index in [-0.39, 0.29) is 44.3 Å². The van der Waals surface area contributed by atoms with E-state index in [1.165, 1.54) is 99.2 Å². The van der Waals surface area contributed by atoms with Gasteiger partial charge in [0, 0.05) is 34.3 Å². The minimum atomic E-state index is -4.97. The second kappa shape index (κ2) is 18.2. The molecule has 0 aliphatic heterocycles. The van der Waals surface area contributed by atoms with Crippen LogP contribution in [0.15, 0.2) is 139 Å². The van der Waals surface area contributed by atoms with Gasteiger partial charge in [-0.05, 0) is 107 Å². The molecule has 0 fully saturated rings. The van der Waals surface area contributed by atoms with E-state index in [1.54, 1.807) is 24.3 Å². The van der Waals surface area contributed by atoms with E-state index in [4.69, 9.17) is 0 Å². The number of esters is 2. The molecule has 0 spiro atoms. The second-order valence-corrected chi connectivity index (χ2v) is 15.6. The Kier molecular flexibility index (Phi) is 12.8. The van der Waals surface area contributed by atoms with Crippen molar-refractivity contribution in [1.29, 1.82) is 0 Å². The number of carbonyl (C=O) groups excluding carboxylic acids is 3. The molecular weight excluding hydrogens is 849 g/mol. The lowest BCUT2D eigenvalue weighted by Gasteiger charge is -2.13. The third-order valence-corrected chi connectivity index (χ3v) is 10.5. The Morgan fingerprint density at radius 3 is 1.26 bits per heavy atom. The second-order valence-electron chi connectivity index (χ2n) is 12.8. The van der Waals surface area contributed by atoms with Crippen LogP contribution >= 0.6 is 0 Å². The number of carbonyl (C=O) groups is 3. The van der Waals surface area contributed by atoms with Crippen molar-refractivity contribution in [2.24, 2.45) is 20.5 Å². The molecular formula is C41H32N6O13S2. The van der Waals surface area contributed by atoms with Gasteiger partial charge in [0.25, 0.3) is 20.2 Å². The van der Waals surface area contributed by atoms with Gasteiger partial charge in [0.2, 0.25) is 0 Å². The van der Waals surface area contributed by atoms with Crippen LogP contribution in [0.4, 0.5) is 38.9 Å². The molecule has 0 saturated heterocycles. The van der Waals surface area contributed by atoms with E-state index in [1.807, 2.05) is 0 Å². The molecule has 21 heteroatoms. The van der Waals surface area contributed by atoms with Gasteiger partial charge in [0.1, 0.15) is 21.2 Å². The van der Waals surface area contributed by atoms with Gasteiger partial charge in [-0.15, -0.1) is 10.2 Å². The van der Waals surface area contributed by atoms with Crippen LogP contribution < -0.4 is 10.6 Å². The zero-order chi connectivity index (χ0) is 44.8. The highest BCUT2D eigenvalue weighted by Gasteiger charge is 2.24. The molecule has 316 valence electrons. The van der Waals surface area contributed by atoms with Gasteiger partial charge in [0.15, 0.2) is 11.5 Å². The lowest BCUT2D eigenvalue weighted by molar-refractivity contribution is -0.135. The first-order valence-electron chi connectivity index (χ1n) is 17.6. The average Bonchev–Trinajstić information content (AvgIpc) is 3.23. The summed E-state index contributed by atoms with van der Waals surface area (Å²) < 4.78 is 78.8. The summed E-state index contributed by atoms with van der Waals surface area (Å²) in [6, 6.07) is 21.8. The van der Waals surface area contributed by atoms with Gasteiger partial charge >= 0.3 is 18.0 Å². The maximum Gasteiger partial charge on any atom is 0.330 e. The van der Waals surface area contributed by atoms with Crippen molar-refractivity contribution in [2.75, 3.05) is 24.9 Å². The van der Waals surface area contributed by atoms with Crippen LogP contribution in [0.1, 0.15) is 11.1 Å². The lowest BCUT2D eigenvalue weighted by atomic mass is 10.1. The van der Waals surface area contributed by atoms with Gasteiger partial charge in [-0.3, -0.25) is 9.11 Å². The number of aromatic hydroxyl groups is 2. The van der Waals surface area contributed by atoms with Crippen LogP contribution in [-0.4, -0.2) is 68.3 Å². The van der Waals surface area contributed by atoms with Gasteiger partial charge in [0.05, 0.1) is 25.6 Å². The third-order valence-electron chi connectivity index (χ3n) is 8.72. The molecule has 0 aromatic heterocycles. The number of anilines is 2. The number of amides is 2. The molecule has 6 aromatic carbocycles. The molecule has 6 rings (SSSR count). The smallest absolute Gasteiger partial charge is 0.330 e. The van der Waals surface area contributed by atoms with E-state index in [9.17, 15) is 50.5 Å². The molecule has 0 heterocycles.